The average Bonchev–Trinajstić information content (AvgIpc) is 3.19. The molecule has 3 rings (SSSR count). The number of pyridine rings is 1. The van der Waals surface area contributed by atoms with Crippen molar-refractivity contribution < 1.29 is 14.6 Å². The first-order valence-corrected chi connectivity index (χ1v) is 8.43. The molecule has 0 radical (unpaired) electrons. The van der Waals surface area contributed by atoms with Crippen LogP contribution in [0.5, 0.6) is 0 Å². The Labute approximate surface area is 157 Å². The lowest BCUT2D eigenvalue weighted by molar-refractivity contribution is 0.0600. The van der Waals surface area contributed by atoms with E-state index in [-0.39, 0.29) is 5.97 Å². The SMILES string of the molecule is CO.COC(=O)c1ccc([C@@H]2CCN(c3ccc(C#N)c(Cl)c3)C2)nc1. The van der Waals surface area contributed by atoms with Gasteiger partial charge in [0.15, 0.2) is 0 Å². The van der Waals surface area contributed by atoms with Gasteiger partial charge in [-0.25, -0.2) is 4.79 Å². The van der Waals surface area contributed by atoms with Gasteiger partial charge in [0, 0.05) is 43.7 Å². The van der Waals surface area contributed by atoms with Gasteiger partial charge in [-0.1, -0.05) is 11.6 Å². The van der Waals surface area contributed by atoms with Crippen molar-refractivity contribution in [2.75, 3.05) is 32.2 Å². The van der Waals surface area contributed by atoms with Crippen LogP contribution < -0.4 is 4.90 Å². The van der Waals surface area contributed by atoms with Crippen molar-refractivity contribution >= 4 is 23.3 Å². The fraction of sp³-hybridized carbons (Fsp3) is 0.316. The van der Waals surface area contributed by atoms with Gasteiger partial charge in [0.25, 0.3) is 0 Å². The maximum absolute atomic E-state index is 11.5. The van der Waals surface area contributed by atoms with E-state index in [0.29, 0.717) is 22.1 Å². The number of methoxy groups -OCH3 is 1. The summed E-state index contributed by atoms with van der Waals surface area (Å²) in [6.07, 6.45) is 2.53. The van der Waals surface area contributed by atoms with Gasteiger partial charge >= 0.3 is 5.97 Å². The van der Waals surface area contributed by atoms with Gasteiger partial charge in [-0.2, -0.15) is 5.26 Å². The Morgan fingerprint density at radius 2 is 2.15 bits per heavy atom. The first kappa shape index (κ1) is 19.7. The average molecular weight is 374 g/mol. The molecule has 0 spiro atoms. The Bertz CT molecular complexity index is 803. The molecule has 26 heavy (non-hydrogen) atoms. The number of benzene rings is 1. The summed E-state index contributed by atoms with van der Waals surface area (Å²) in [4.78, 5) is 18.1. The summed E-state index contributed by atoms with van der Waals surface area (Å²) >= 11 is 6.12. The molecule has 1 aliphatic heterocycles. The molecule has 136 valence electrons. The third-order valence-corrected chi connectivity index (χ3v) is 4.56. The lowest BCUT2D eigenvalue weighted by atomic mass is 10.0. The molecule has 1 aromatic carbocycles. The Morgan fingerprint density at radius 1 is 1.38 bits per heavy atom. The summed E-state index contributed by atoms with van der Waals surface area (Å²) in [7, 11) is 2.35. The summed E-state index contributed by atoms with van der Waals surface area (Å²) < 4.78 is 4.68. The number of hydrogen-bond acceptors (Lipinski definition) is 6. The zero-order valence-electron chi connectivity index (χ0n) is 14.6. The second-order valence-corrected chi connectivity index (χ2v) is 6.08. The minimum atomic E-state index is -0.380. The number of nitrogens with zero attached hydrogens (tertiary/aromatic N) is 3. The highest BCUT2D eigenvalue weighted by molar-refractivity contribution is 6.32. The lowest BCUT2D eigenvalue weighted by Gasteiger charge is -2.19. The highest BCUT2D eigenvalue weighted by atomic mass is 35.5. The number of aromatic nitrogens is 1. The molecule has 2 heterocycles. The third kappa shape index (κ3) is 4.31. The zero-order chi connectivity index (χ0) is 19.1. The summed E-state index contributed by atoms with van der Waals surface area (Å²) in [5.74, 6) is -0.0829. The summed E-state index contributed by atoms with van der Waals surface area (Å²) in [6.45, 7) is 1.72. The molecule has 2 aromatic rings. The monoisotopic (exact) mass is 373 g/mol. The van der Waals surface area contributed by atoms with Crippen LogP contribution in [-0.2, 0) is 4.74 Å². The van der Waals surface area contributed by atoms with Crippen molar-refractivity contribution in [1.29, 1.82) is 5.26 Å². The second kappa shape index (κ2) is 9.18. The van der Waals surface area contributed by atoms with E-state index in [1.807, 2.05) is 18.2 Å². The fourth-order valence-electron chi connectivity index (χ4n) is 2.91. The van der Waals surface area contributed by atoms with Crippen molar-refractivity contribution in [2.45, 2.75) is 12.3 Å². The fourth-order valence-corrected chi connectivity index (χ4v) is 3.13. The minimum absolute atomic E-state index is 0.297. The van der Waals surface area contributed by atoms with E-state index in [1.165, 1.54) is 7.11 Å². The van der Waals surface area contributed by atoms with Crippen LogP contribution in [0.25, 0.3) is 0 Å². The molecule has 1 fully saturated rings. The predicted octanol–water partition coefficient (Wildman–Crippen LogP) is 3.00. The molecule has 1 aliphatic rings. The van der Waals surface area contributed by atoms with E-state index in [4.69, 9.17) is 22.0 Å². The summed E-state index contributed by atoms with van der Waals surface area (Å²) in [5.41, 5.74) is 2.91. The van der Waals surface area contributed by atoms with Crippen LogP contribution in [0.1, 0.15) is 34.0 Å². The van der Waals surface area contributed by atoms with Crippen molar-refractivity contribution in [2.24, 2.45) is 0 Å². The van der Waals surface area contributed by atoms with E-state index >= 15 is 0 Å². The Kier molecular flexibility index (Phi) is 6.96. The molecule has 0 amide bonds. The van der Waals surface area contributed by atoms with Gasteiger partial charge in [0.2, 0.25) is 0 Å². The predicted molar refractivity (Wildman–Crippen MR) is 99.5 cm³/mol. The maximum Gasteiger partial charge on any atom is 0.339 e. The first-order chi connectivity index (χ1) is 12.6. The van der Waals surface area contributed by atoms with Crippen molar-refractivity contribution in [1.82, 2.24) is 4.98 Å². The quantitative estimate of drug-likeness (QED) is 0.832. The van der Waals surface area contributed by atoms with E-state index in [2.05, 4.69) is 20.7 Å². The van der Waals surface area contributed by atoms with E-state index in [1.54, 1.807) is 18.3 Å². The van der Waals surface area contributed by atoms with E-state index < -0.39 is 0 Å². The van der Waals surface area contributed by atoms with Crippen molar-refractivity contribution in [3.8, 4) is 6.07 Å². The molecular formula is C19H20ClN3O3. The molecule has 0 bridgehead atoms. The molecule has 1 saturated heterocycles. The molecular weight excluding hydrogens is 354 g/mol. The number of halogens is 1. The van der Waals surface area contributed by atoms with Crippen molar-refractivity contribution in [3.63, 3.8) is 0 Å². The number of aliphatic hydroxyl groups excluding tert-OH is 1. The number of nitriles is 1. The Morgan fingerprint density at radius 3 is 2.73 bits per heavy atom. The smallest absolute Gasteiger partial charge is 0.339 e. The van der Waals surface area contributed by atoms with Crippen LogP contribution in [0, 0.1) is 11.3 Å². The molecule has 6 nitrogen and oxygen atoms in total. The van der Waals surface area contributed by atoms with E-state index in [9.17, 15) is 4.79 Å². The van der Waals surface area contributed by atoms with Crippen LogP contribution in [0.3, 0.4) is 0 Å². The van der Waals surface area contributed by atoms with Crippen LogP contribution >= 0.6 is 11.6 Å². The lowest BCUT2D eigenvalue weighted by Crippen LogP contribution is -2.19. The standard InChI is InChI=1S/C18H16ClN3O2.CH4O/c1-24-18(23)13-3-5-17(21-10-13)14-6-7-22(11-14)15-4-2-12(9-20)16(19)8-15;1-2/h2-5,8,10,14H,6-7,11H2,1H3;2H,1H3/t14-;/m1./s1. The van der Waals surface area contributed by atoms with Gasteiger partial charge < -0.3 is 14.7 Å². The number of ether oxygens (including phenoxy) is 1. The van der Waals surface area contributed by atoms with Gasteiger partial charge in [0.05, 0.1) is 23.3 Å². The number of aliphatic hydroxyl groups is 1. The second-order valence-electron chi connectivity index (χ2n) is 5.67. The number of esters is 1. The van der Waals surface area contributed by atoms with Gasteiger partial charge in [-0.05, 0) is 36.8 Å². The number of anilines is 1. The van der Waals surface area contributed by atoms with E-state index in [0.717, 1.165) is 38.0 Å². The van der Waals surface area contributed by atoms with Crippen LogP contribution in [0.4, 0.5) is 5.69 Å². The molecule has 7 heteroatoms. The Hall–Kier alpha value is -2.62. The number of carbonyl (C=O) groups is 1. The van der Waals surface area contributed by atoms with Crippen molar-refractivity contribution in [3.05, 3.63) is 58.4 Å². The molecule has 0 saturated carbocycles. The van der Waals surface area contributed by atoms with Gasteiger partial charge in [-0.3, -0.25) is 4.98 Å². The maximum atomic E-state index is 11.5. The van der Waals surface area contributed by atoms with Crippen LogP contribution in [-0.4, -0.2) is 43.4 Å². The zero-order valence-corrected chi connectivity index (χ0v) is 15.4. The first-order valence-electron chi connectivity index (χ1n) is 8.06. The number of rotatable bonds is 3. The van der Waals surface area contributed by atoms with Crippen LogP contribution in [0.15, 0.2) is 36.5 Å². The summed E-state index contributed by atoms with van der Waals surface area (Å²) in [6, 6.07) is 11.2. The topological polar surface area (TPSA) is 86.5 Å². The number of carbonyl (C=O) groups excluding carboxylic acids is 1. The molecule has 1 N–H and O–H groups in total. The molecule has 1 aromatic heterocycles. The van der Waals surface area contributed by atoms with Crippen LogP contribution in [0.2, 0.25) is 5.02 Å². The highest BCUT2D eigenvalue weighted by Gasteiger charge is 2.25. The highest BCUT2D eigenvalue weighted by Crippen LogP contribution is 2.31. The van der Waals surface area contributed by atoms with Gasteiger partial charge in [-0.15, -0.1) is 0 Å². The molecule has 0 aliphatic carbocycles. The minimum Gasteiger partial charge on any atom is -0.465 e. The largest absolute Gasteiger partial charge is 0.465 e. The normalized spacial score (nSPS) is 15.7. The van der Waals surface area contributed by atoms with Gasteiger partial charge in [0.1, 0.15) is 6.07 Å². The third-order valence-electron chi connectivity index (χ3n) is 4.25. The number of hydrogen-bond donors (Lipinski definition) is 1. The Balaban J connectivity index is 0.00000117. The molecule has 0 unspecified atom stereocenters. The molecule has 1 atom stereocenters. The summed E-state index contributed by atoms with van der Waals surface area (Å²) in [5, 5.41) is 16.4.